The number of halogens is 4. The predicted molar refractivity (Wildman–Crippen MR) is 383 cm³/mol. The maximum Gasteiger partial charge on any atom is 0.417 e. The van der Waals surface area contributed by atoms with Crippen LogP contribution in [-0.2, 0) is 74.9 Å². The number of benzene rings is 1. The number of carbonyl (C=O) groups excluding carboxylic acids is 12. The average Bonchev–Trinajstić information content (AvgIpc) is 1.37. The first-order chi connectivity index (χ1) is 48.6. The van der Waals surface area contributed by atoms with Gasteiger partial charge in [-0.15, -0.1) is 0 Å². The molecular weight excluding hydrogens is 1370 g/mol. The summed E-state index contributed by atoms with van der Waals surface area (Å²) in [6.45, 7) is 9.63. The van der Waals surface area contributed by atoms with Gasteiger partial charge in [-0.2, -0.15) is 13.2 Å². The summed E-state index contributed by atoms with van der Waals surface area (Å²) >= 11 is 6.18. The number of nitrogens with zero attached hydrogens (tertiary/aromatic N) is 9. The summed E-state index contributed by atoms with van der Waals surface area (Å²) in [7, 11) is 11.4. The Labute approximate surface area is 616 Å². The SMILES string of the molecule is CC[C@H](C)[C@@H]1NC(=O)[C@H](CC(C)C)N(C)C(=O)C[C@@H](C(=O)N(C)C)N(C)C(=O)[C@H](C2CCCC2)N(C)C(=O)C2(CCCC2)NC(=O)CN(CCOCC(C)(C)O)C(=O)[C@H](CCc2ccc(C(F)(F)F)c(Cl)c2)NC(=O)CN(C)C(=O)[C@H](CC2CCCCC2)N(C)C(=O)[C@@H]2CCN2C(=O)[C@H](C)N(C)C1=O. The van der Waals surface area contributed by atoms with Crippen molar-refractivity contribution in [3.8, 4) is 0 Å². The number of amides is 12. The first kappa shape index (κ1) is 85.8. The van der Waals surface area contributed by atoms with Crippen molar-refractivity contribution >= 4 is 82.5 Å². The van der Waals surface area contributed by atoms with Crippen molar-refractivity contribution in [2.24, 2.45) is 23.7 Å². The smallest absolute Gasteiger partial charge is 0.388 e. The van der Waals surface area contributed by atoms with Crippen LogP contribution in [0, 0.1) is 23.7 Å². The van der Waals surface area contributed by atoms with E-state index in [0.717, 1.165) is 58.9 Å². The minimum Gasteiger partial charge on any atom is -0.388 e. The van der Waals surface area contributed by atoms with Gasteiger partial charge in [0.25, 0.3) is 0 Å². The molecule has 5 fully saturated rings. The fraction of sp³-hybridized carbons (Fsp3) is 0.757. The Kier molecular flexibility index (Phi) is 30.9. The summed E-state index contributed by atoms with van der Waals surface area (Å²) in [5.74, 6) is -9.51. The summed E-state index contributed by atoms with van der Waals surface area (Å²) in [5, 5.41) is 18.6. The number of ether oxygens (including phenoxy) is 1. The molecular formula is C74H116ClF3N12O14. The van der Waals surface area contributed by atoms with Crippen molar-refractivity contribution in [2.75, 3.05) is 95.8 Å². The molecule has 3 aliphatic carbocycles. The third kappa shape index (κ3) is 22.0. The standard InChI is InChI=1S/C74H116ClF3N12O14/c1-16-46(4)61-69(100)84(11)47(5)64(95)90-35-32-54(90)68(99)86(13)56(40-48-24-18-17-19-25-48)67(98)83(10)42-58(91)79-53(31-29-49-28-30-51(52(75)39-49)74(76,77)78)65(96)89(36-37-104-44-72(6,7)103)43-59(92)81-73(33-22-23-34-73)71(102)88(15)62(50-26-20-21-27-50)70(101)87(14)57(66(97)82(8)9)41-60(93)85(12)55(38-45(2)3)63(94)80-61/h28,30,39,45-48,50,53-57,61-62,103H,16-27,29,31-38,40-44H2,1-15H3,(H,79,91)(H,80,94)(H,81,92)/t46-,47-,53-,54-,55-,56-,57-,61-,62-/m0/s1. The summed E-state index contributed by atoms with van der Waals surface area (Å²) in [6, 6.07) is -7.06. The molecule has 6 rings (SSSR count). The molecule has 1 aromatic rings. The number of carbonyl (C=O) groups is 12. The average molecular weight is 1490 g/mol. The van der Waals surface area contributed by atoms with Gasteiger partial charge in [0.05, 0.1) is 48.9 Å². The molecule has 30 heteroatoms. The van der Waals surface area contributed by atoms with Gasteiger partial charge in [-0.05, 0) is 120 Å². The van der Waals surface area contributed by atoms with Crippen LogP contribution in [0.25, 0.3) is 0 Å². The number of aryl methyl sites for hydroxylation is 1. The summed E-state index contributed by atoms with van der Waals surface area (Å²) in [6.07, 6.45) is 2.83. The van der Waals surface area contributed by atoms with E-state index in [1.165, 1.54) is 113 Å². The highest BCUT2D eigenvalue weighted by atomic mass is 35.5. The van der Waals surface area contributed by atoms with Crippen molar-refractivity contribution in [1.82, 2.24) is 60.0 Å². The van der Waals surface area contributed by atoms with E-state index >= 15 is 19.2 Å². The van der Waals surface area contributed by atoms with Crippen molar-refractivity contribution in [3.05, 3.63) is 34.3 Å². The highest BCUT2D eigenvalue weighted by Gasteiger charge is 2.51. The Bertz CT molecular complexity index is 3230. The van der Waals surface area contributed by atoms with E-state index in [1.807, 2.05) is 20.8 Å². The molecule has 0 radical (unpaired) electrons. The molecule has 104 heavy (non-hydrogen) atoms. The Hall–Kier alpha value is -7.14. The van der Waals surface area contributed by atoms with Crippen molar-refractivity contribution in [1.29, 1.82) is 0 Å². The first-order valence-electron chi connectivity index (χ1n) is 37.1. The van der Waals surface area contributed by atoms with Crippen molar-refractivity contribution < 1.29 is 80.5 Å². The van der Waals surface area contributed by atoms with Gasteiger partial charge in [-0.25, -0.2) is 0 Å². The Balaban J connectivity index is 1.47. The van der Waals surface area contributed by atoms with Gasteiger partial charge in [-0.3, -0.25) is 57.5 Å². The fourth-order valence-corrected chi connectivity index (χ4v) is 15.5. The number of hydrogen-bond donors (Lipinski definition) is 4. The molecule has 0 unspecified atom stereocenters. The highest BCUT2D eigenvalue weighted by Crippen LogP contribution is 2.39. The Morgan fingerprint density at radius 2 is 1.36 bits per heavy atom. The van der Waals surface area contributed by atoms with E-state index in [-0.39, 0.29) is 88.6 Å². The molecule has 0 aromatic heterocycles. The monoisotopic (exact) mass is 1490 g/mol. The van der Waals surface area contributed by atoms with Gasteiger partial charge in [0.15, 0.2) is 0 Å². The molecule has 5 aliphatic rings. The van der Waals surface area contributed by atoms with Crippen molar-refractivity contribution in [3.63, 3.8) is 0 Å². The molecule has 1 aromatic carbocycles. The quantitative estimate of drug-likeness (QED) is 0.154. The normalized spacial score (nSPS) is 26.1. The second kappa shape index (κ2) is 37.4. The Morgan fingerprint density at radius 3 is 1.91 bits per heavy atom. The zero-order chi connectivity index (χ0) is 77.6. The molecule has 2 heterocycles. The number of nitrogens with one attached hydrogen (secondary N) is 3. The zero-order valence-electron chi connectivity index (χ0n) is 63.8. The van der Waals surface area contributed by atoms with Gasteiger partial charge in [-0.1, -0.05) is 110 Å². The van der Waals surface area contributed by atoms with E-state index < -0.39 is 178 Å². The molecule has 4 N–H and O–H groups in total. The summed E-state index contributed by atoms with van der Waals surface area (Å²) < 4.78 is 47.7. The lowest BCUT2D eigenvalue weighted by atomic mass is 9.84. The molecule has 0 bridgehead atoms. The maximum absolute atomic E-state index is 15.6. The number of rotatable bonds is 16. The van der Waals surface area contributed by atoms with Crippen LogP contribution in [0.3, 0.4) is 0 Å². The molecule has 12 amide bonds. The van der Waals surface area contributed by atoms with E-state index in [1.54, 1.807) is 6.92 Å². The third-order valence-corrected chi connectivity index (χ3v) is 22.3. The Morgan fingerprint density at radius 1 is 0.731 bits per heavy atom. The molecule has 3 saturated carbocycles. The first-order valence-corrected chi connectivity index (χ1v) is 37.5. The number of likely N-dealkylation sites (N-methyl/N-ethyl adjacent to an activating group) is 7. The van der Waals surface area contributed by atoms with Gasteiger partial charge >= 0.3 is 6.18 Å². The van der Waals surface area contributed by atoms with Crippen LogP contribution in [0.1, 0.15) is 182 Å². The number of aliphatic hydroxyl groups is 1. The van der Waals surface area contributed by atoms with Crippen LogP contribution in [0.15, 0.2) is 18.2 Å². The van der Waals surface area contributed by atoms with Crippen LogP contribution >= 0.6 is 11.6 Å². The lowest BCUT2D eigenvalue weighted by Crippen LogP contribution is -2.65. The largest absolute Gasteiger partial charge is 0.417 e. The second-order valence-electron chi connectivity index (χ2n) is 31.1. The number of alkyl halides is 3. The van der Waals surface area contributed by atoms with Gasteiger partial charge in [0, 0.05) is 69.5 Å². The molecule has 9 atom stereocenters. The van der Waals surface area contributed by atoms with E-state index in [0.29, 0.717) is 44.9 Å². The van der Waals surface area contributed by atoms with Crippen molar-refractivity contribution in [2.45, 2.75) is 243 Å². The van der Waals surface area contributed by atoms with Crippen LogP contribution in [0.2, 0.25) is 5.02 Å². The number of fused-ring (bicyclic) bond motifs is 1. The second-order valence-corrected chi connectivity index (χ2v) is 31.5. The minimum absolute atomic E-state index is 0.00892. The molecule has 26 nitrogen and oxygen atoms in total. The molecule has 2 aliphatic heterocycles. The number of hydrogen-bond acceptors (Lipinski definition) is 14. The molecule has 1 spiro atoms. The predicted octanol–water partition coefficient (Wildman–Crippen LogP) is 5.27. The maximum atomic E-state index is 15.6. The fourth-order valence-electron chi connectivity index (χ4n) is 15.2. The summed E-state index contributed by atoms with van der Waals surface area (Å²) in [5.41, 5.74) is -3.86. The summed E-state index contributed by atoms with van der Waals surface area (Å²) in [4.78, 5) is 191. The van der Waals surface area contributed by atoms with Crippen LogP contribution in [-0.4, -0.2) is 275 Å². The topological polar surface area (TPSA) is 300 Å². The molecule has 584 valence electrons. The van der Waals surface area contributed by atoms with Gasteiger partial charge < -0.3 is 69.9 Å². The van der Waals surface area contributed by atoms with Crippen LogP contribution < -0.4 is 16.0 Å². The third-order valence-electron chi connectivity index (χ3n) is 21.9. The van der Waals surface area contributed by atoms with Gasteiger partial charge in [0.2, 0.25) is 70.9 Å². The van der Waals surface area contributed by atoms with E-state index in [2.05, 4.69) is 16.0 Å². The lowest BCUT2D eigenvalue weighted by molar-refractivity contribution is -0.160. The minimum atomic E-state index is -4.80. The zero-order valence-corrected chi connectivity index (χ0v) is 64.6. The lowest BCUT2D eigenvalue weighted by Gasteiger charge is -2.45. The van der Waals surface area contributed by atoms with E-state index in [4.69, 9.17) is 16.3 Å². The highest BCUT2D eigenvalue weighted by molar-refractivity contribution is 6.31. The van der Waals surface area contributed by atoms with E-state index in [9.17, 15) is 56.6 Å². The van der Waals surface area contributed by atoms with Crippen LogP contribution in [0.5, 0.6) is 0 Å². The van der Waals surface area contributed by atoms with Gasteiger partial charge in [0.1, 0.15) is 53.9 Å². The molecule has 2 saturated heterocycles. The van der Waals surface area contributed by atoms with Crippen LogP contribution in [0.4, 0.5) is 13.2 Å².